The molecule has 0 saturated carbocycles. The Kier molecular flexibility index (Phi) is 2.86. The van der Waals surface area contributed by atoms with Gasteiger partial charge in [-0.1, -0.05) is 18.7 Å². The second-order valence-corrected chi connectivity index (χ2v) is 2.64. The molecular weight excluding hydrogens is 153 g/mol. The van der Waals surface area contributed by atoms with E-state index in [4.69, 9.17) is 0 Å². The van der Waals surface area contributed by atoms with Gasteiger partial charge in [-0.3, -0.25) is 0 Å². The molecule has 0 spiro atoms. The first-order chi connectivity index (χ1) is 5.74. The maximum atomic E-state index is 12.5. The third kappa shape index (κ3) is 2.09. The molecule has 64 valence electrons. The minimum absolute atomic E-state index is 0.183. The quantitative estimate of drug-likeness (QED) is 0.726. The van der Waals surface area contributed by atoms with Crippen molar-refractivity contribution in [2.75, 3.05) is 0 Å². The van der Waals surface area contributed by atoms with E-state index in [2.05, 4.69) is 11.9 Å². The highest BCUT2D eigenvalue weighted by atomic mass is 19.1. The summed E-state index contributed by atoms with van der Waals surface area (Å²) in [6.45, 7) is 5.55. The van der Waals surface area contributed by atoms with E-state index in [1.54, 1.807) is 18.3 Å². The molecule has 0 radical (unpaired) electrons. The molecule has 1 aromatic rings. The van der Waals surface area contributed by atoms with Gasteiger partial charge in [0.25, 0.3) is 0 Å². The molecule has 0 unspecified atom stereocenters. The van der Waals surface area contributed by atoms with E-state index in [1.807, 2.05) is 6.92 Å². The van der Waals surface area contributed by atoms with Crippen LogP contribution in [0.4, 0.5) is 4.39 Å². The van der Waals surface area contributed by atoms with Crippen molar-refractivity contribution in [1.82, 2.24) is 5.32 Å². The minimum atomic E-state index is -0.204. The molecule has 1 rings (SSSR count). The highest BCUT2D eigenvalue weighted by molar-refractivity contribution is 5.19. The molecule has 1 N–H and O–H groups in total. The molecule has 0 aliphatic carbocycles. The van der Waals surface area contributed by atoms with Gasteiger partial charge in [0.05, 0.1) is 0 Å². The summed E-state index contributed by atoms with van der Waals surface area (Å²) in [5.74, 6) is -0.204. The van der Waals surface area contributed by atoms with Gasteiger partial charge in [-0.15, -0.1) is 0 Å². The van der Waals surface area contributed by atoms with E-state index in [0.717, 1.165) is 5.56 Å². The van der Waals surface area contributed by atoms with E-state index in [0.29, 0.717) is 0 Å². The molecule has 12 heavy (non-hydrogen) atoms. The summed E-state index contributed by atoms with van der Waals surface area (Å²) >= 11 is 0. The smallest absolute Gasteiger partial charge is 0.123 e. The summed E-state index contributed by atoms with van der Waals surface area (Å²) in [5, 5.41) is 3.02. The third-order valence-corrected chi connectivity index (χ3v) is 1.74. The SMILES string of the molecule is C=CN[C@H](C)c1ccc(F)cc1. The van der Waals surface area contributed by atoms with Crippen molar-refractivity contribution in [2.24, 2.45) is 0 Å². The van der Waals surface area contributed by atoms with Gasteiger partial charge in [-0.2, -0.15) is 0 Å². The standard InChI is InChI=1S/C10H12FN/c1-3-12-8(2)9-4-6-10(11)7-5-9/h3-8,12H,1H2,2H3/t8-/m1/s1. The molecule has 0 aliphatic heterocycles. The fourth-order valence-electron chi connectivity index (χ4n) is 1.02. The molecule has 0 heterocycles. The summed E-state index contributed by atoms with van der Waals surface area (Å²) in [5.41, 5.74) is 1.05. The van der Waals surface area contributed by atoms with Crippen molar-refractivity contribution < 1.29 is 4.39 Å². The Hall–Kier alpha value is -1.31. The zero-order chi connectivity index (χ0) is 8.97. The molecule has 2 heteroatoms. The first-order valence-electron chi connectivity index (χ1n) is 3.86. The van der Waals surface area contributed by atoms with Gasteiger partial charge in [-0.25, -0.2) is 4.39 Å². The van der Waals surface area contributed by atoms with Crippen molar-refractivity contribution in [3.8, 4) is 0 Å². The molecule has 0 bridgehead atoms. The number of nitrogens with one attached hydrogen (secondary N) is 1. The lowest BCUT2D eigenvalue weighted by molar-refractivity contribution is 0.623. The predicted molar refractivity (Wildman–Crippen MR) is 48.1 cm³/mol. The van der Waals surface area contributed by atoms with Crippen LogP contribution in [0.2, 0.25) is 0 Å². The van der Waals surface area contributed by atoms with E-state index >= 15 is 0 Å². The van der Waals surface area contributed by atoms with E-state index < -0.39 is 0 Å². The number of rotatable bonds is 3. The van der Waals surface area contributed by atoms with Crippen LogP contribution in [0.1, 0.15) is 18.5 Å². The van der Waals surface area contributed by atoms with Gasteiger partial charge in [0.2, 0.25) is 0 Å². The molecule has 1 nitrogen and oxygen atoms in total. The zero-order valence-corrected chi connectivity index (χ0v) is 7.05. The Morgan fingerprint density at radius 1 is 1.42 bits per heavy atom. The Morgan fingerprint density at radius 2 is 2.00 bits per heavy atom. The fraction of sp³-hybridized carbons (Fsp3) is 0.200. The molecule has 0 aliphatic rings. The molecule has 0 amide bonds. The molecule has 0 aromatic heterocycles. The van der Waals surface area contributed by atoms with Crippen LogP contribution in [-0.2, 0) is 0 Å². The average molecular weight is 165 g/mol. The van der Waals surface area contributed by atoms with Gasteiger partial charge in [0, 0.05) is 6.04 Å². The second kappa shape index (κ2) is 3.90. The summed E-state index contributed by atoms with van der Waals surface area (Å²) < 4.78 is 12.5. The highest BCUT2D eigenvalue weighted by Crippen LogP contribution is 2.12. The number of hydrogen-bond acceptors (Lipinski definition) is 1. The third-order valence-electron chi connectivity index (χ3n) is 1.74. The average Bonchev–Trinajstić information content (AvgIpc) is 2.06. The van der Waals surface area contributed by atoms with Gasteiger partial charge in [0.15, 0.2) is 0 Å². The first kappa shape index (κ1) is 8.78. The summed E-state index contributed by atoms with van der Waals surface area (Å²) in [6, 6.07) is 6.61. The maximum Gasteiger partial charge on any atom is 0.123 e. The van der Waals surface area contributed by atoms with E-state index in [-0.39, 0.29) is 11.9 Å². The summed E-state index contributed by atoms with van der Waals surface area (Å²) in [4.78, 5) is 0. The number of halogens is 1. The highest BCUT2D eigenvalue weighted by Gasteiger charge is 2.01. The monoisotopic (exact) mass is 165 g/mol. The van der Waals surface area contributed by atoms with Crippen LogP contribution in [0.5, 0.6) is 0 Å². The van der Waals surface area contributed by atoms with Crippen molar-refractivity contribution in [3.05, 3.63) is 48.4 Å². The minimum Gasteiger partial charge on any atom is -0.385 e. The molecule has 0 fully saturated rings. The predicted octanol–water partition coefficient (Wildman–Crippen LogP) is 2.62. The van der Waals surface area contributed by atoms with Crippen molar-refractivity contribution in [2.45, 2.75) is 13.0 Å². The molecule has 1 aromatic carbocycles. The topological polar surface area (TPSA) is 12.0 Å². The van der Waals surface area contributed by atoms with Crippen LogP contribution < -0.4 is 5.32 Å². The number of benzene rings is 1. The largest absolute Gasteiger partial charge is 0.385 e. The zero-order valence-electron chi connectivity index (χ0n) is 7.05. The van der Waals surface area contributed by atoms with Crippen LogP contribution in [0.3, 0.4) is 0 Å². The van der Waals surface area contributed by atoms with Crippen LogP contribution >= 0.6 is 0 Å². The Bertz CT molecular complexity index is 253. The van der Waals surface area contributed by atoms with Crippen LogP contribution in [0.15, 0.2) is 37.0 Å². The fourth-order valence-corrected chi connectivity index (χ4v) is 1.02. The molecule has 0 saturated heterocycles. The van der Waals surface area contributed by atoms with Crippen molar-refractivity contribution in [1.29, 1.82) is 0 Å². The van der Waals surface area contributed by atoms with Gasteiger partial charge in [0.1, 0.15) is 5.82 Å². The van der Waals surface area contributed by atoms with Crippen molar-refractivity contribution in [3.63, 3.8) is 0 Å². The van der Waals surface area contributed by atoms with Crippen LogP contribution in [0, 0.1) is 5.82 Å². The second-order valence-electron chi connectivity index (χ2n) is 2.64. The van der Waals surface area contributed by atoms with Crippen molar-refractivity contribution >= 4 is 0 Å². The van der Waals surface area contributed by atoms with Crippen LogP contribution in [-0.4, -0.2) is 0 Å². The Labute approximate surface area is 71.9 Å². The first-order valence-corrected chi connectivity index (χ1v) is 3.86. The molecular formula is C10H12FN. The Balaban J connectivity index is 2.74. The Morgan fingerprint density at radius 3 is 2.50 bits per heavy atom. The van der Waals surface area contributed by atoms with Gasteiger partial charge in [-0.05, 0) is 30.8 Å². The normalized spacial score (nSPS) is 12.2. The summed E-state index contributed by atoms with van der Waals surface area (Å²) in [6.07, 6.45) is 1.63. The lowest BCUT2D eigenvalue weighted by Gasteiger charge is -2.11. The van der Waals surface area contributed by atoms with Gasteiger partial charge < -0.3 is 5.32 Å². The lowest BCUT2D eigenvalue weighted by Crippen LogP contribution is -2.10. The molecule has 1 atom stereocenters. The van der Waals surface area contributed by atoms with Crippen LogP contribution in [0.25, 0.3) is 0 Å². The maximum absolute atomic E-state index is 12.5. The number of hydrogen-bond donors (Lipinski definition) is 1. The van der Waals surface area contributed by atoms with E-state index in [1.165, 1.54) is 12.1 Å². The summed E-state index contributed by atoms with van der Waals surface area (Å²) in [7, 11) is 0. The van der Waals surface area contributed by atoms with Gasteiger partial charge >= 0.3 is 0 Å². The van der Waals surface area contributed by atoms with E-state index in [9.17, 15) is 4.39 Å². The lowest BCUT2D eigenvalue weighted by atomic mass is 10.1.